The lowest BCUT2D eigenvalue weighted by Crippen LogP contribution is -2.03. The molecular weight excluding hydrogens is 168 g/mol. The minimum Gasteiger partial charge on any atom is -0.0988 e. The van der Waals surface area contributed by atoms with Gasteiger partial charge in [0.1, 0.15) is 0 Å². The summed E-state index contributed by atoms with van der Waals surface area (Å²) in [6.45, 7) is 3.81. The molecule has 0 saturated heterocycles. The van der Waals surface area contributed by atoms with Crippen molar-refractivity contribution in [3.63, 3.8) is 0 Å². The predicted molar refractivity (Wildman–Crippen MR) is 61.3 cm³/mol. The van der Waals surface area contributed by atoms with Crippen LogP contribution < -0.4 is 0 Å². The zero-order chi connectivity index (χ0) is 9.80. The van der Waals surface area contributed by atoms with Crippen LogP contribution in [0.5, 0.6) is 0 Å². The normalized spacial score (nSPS) is 21.4. The molecule has 0 heterocycles. The van der Waals surface area contributed by atoms with Gasteiger partial charge in [0, 0.05) is 0 Å². The van der Waals surface area contributed by atoms with E-state index in [1.165, 1.54) is 30.4 Å². The van der Waals surface area contributed by atoms with Crippen LogP contribution in [-0.2, 0) is 0 Å². The standard InChI is InChI=1S/C14H16/c1-2-12-8-10-14(11-9-12)13-6-4-3-5-7-13/h2-8,14H,1,9-11H2. The SMILES string of the molecule is C=CC1=CCC(c2ccccc2)CC1. The Morgan fingerprint density at radius 2 is 2.00 bits per heavy atom. The summed E-state index contributed by atoms with van der Waals surface area (Å²) in [6.07, 6.45) is 7.94. The maximum atomic E-state index is 3.81. The smallest absolute Gasteiger partial charge is 0.0124 e. The molecule has 14 heavy (non-hydrogen) atoms. The van der Waals surface area contributed by atoms with Crippen LogP contribution in [0.1, 0.15) is 30.7 Å². The highest BCUT2D eigenvalue weighted by atomic mass is 14.2. The summed E-state index contributed by atoms with van der Waals surface area (Å²) in [6, 6.07) is 10.8. The van der Waals surface area contributed by atoms with Crippen LogP contribution in [-0.4, -0.2) is 0 Å². The molecule has 0 radical (unpaired) electrons. The van der Waals surface area contributed by atoms with Crippen molar-refractivity contribution in [3.05, 3.63) is 60.2 Å². The third-order valence-corrected chi connectivity index (χ3v) is 2.98. The molecule has 1 atom stereocenters. The van der Waals surface area contributed by atoms with Crippen molar-refractivity contribution in [2.45, 2.75) is 25.2 Å². The molecule has 0 amide bonds. The molecule has 0 saturated carbocycles. The van der Waals surface area contributed by atoms with Crippen LogP contribution in [0, 0.1) is 0 Å². The van der Waals surface area contributed by atoms with Crippen LogP contribution in [0.2, 0.25) is 0 Å². The van der Waals surface area contributed by atoms with Crippen molar-refractivity contribution in [2.24, 2.45) is 0 Å². The second-order valence-electron chi connectivity index (χ2n) is 3.87. The topological polar surface area (TPSA) is 0 Å². The first kappa shape index (κ1) is 9.26. The first-order valence-corrected chi connectivity index (χ1v) is 5.26. The molecule has 0 fully saturated rings. The summed E-state index contributed by atoms with van der Waals surface area (Å²) in [5, 5.41) is 0. The van der Waals surface area contributed by atoms with Crippen LogP contribution in [0.3, 0.4) is 0 Å². The molecule has 1 aromatic rings. The van der Waals surface area contributed by atoms with Gasteiger partial charge in [0.25, 0.3) is 0 Å². The van der Waals surface area contributed by atoms with E-state index in [9.17, 15) is 0 Å². The molecule has 0 aromatic heterocycles. The van der Waals surface area contributed by atoms with Gasteiger partial charge in [-0.15, -0.1) is 0 Å². The monoisotopic (exact) mass is 184 g/mol. The zero-order valence-electron chi connectivity index (χ0n) is 8.45. The Labute approximate surface area is 86.0 Å². The summed E-state index contributed by atoms with van der Waals surface area (Å²) in [4.78, 5) is 0. The predicted octanol–water partition coefficient (Wildman–Crippen LogP) is 4.07. The first-order chi connectivity index (χ1) is 6.90. The molecule has 72 valence electrons. The molecule has 0 N–H and O–H groups in total. The van der Waals surface area contributed by atoms with Crippen LogP contribution in [0.4, 0.5) is 0 Å². The van der Waals surface area contributed by atoms with Gasteiger partial charge in [-0.2, -0.15) is 0 Å². The van der Waals surface area contributed by atoms with Crippen molar-refractivity contribution in [2.75, 3.05) is 0 Å². The molecule has 1 aliphatic carbocycles. The Hall–Kier alpha value is -1.30. The average Bonchev–Trinajstić information content (AvgIpc) is 2.30. The van der Waals surface area contributed by atoms with Gasteiger partial charge in [-0.3, -0.25) is 0 Å². The maximum Gasteiger partial charge on any atom is -0.0124 e. The fraction of sp³-hybridized carbons (Fsp3) is 0.286. The highest BCUT2D eigenvalue weighted by Gasteiger charge is 2.14. The number of benzene rings is 1. The minimum atomic E-state index is 0.722. The minimum absolute atomic E-state index is 0.722. The van der Waals surface area contributed by atoms with Gasteiger partial charge >= 0.3 is 0 Å². The Morgan fingerprint density at radius 3 is 2.57 bits per heavy atom. The third-order valence-electron chi connectivity index (χ3n) is 2.98. The molecule has 0 heteroatoms. The largest absolute Gasteiger partial charge is 0.0988 e. The van der Waals surface area contributed by atoms with Crippen molar-refractivity contribution in [3.8, 4) is 0 Å². The van der Waals surface area contributed by atoms with Gasteiger partial charge in [0.05, 0.1) is 0 Å². The van der Waals surface area contributed by atoms with E-state index in [-0.39, 0.29) is 0 Å². The van der Waals surface area contributed by atoms with Gasteiger partial charge in [0.2, 0.25) is 0 Å². The van der Waals surface area contributed by atoms with Crippen molar-refractivity contribution >= 4 is 0 Å². The molecular formula is C14H16. The Balaban J connectivity index is 2.10. The first-order valence-electron chi connectivity index (χ1n) is 5.26. The summed E-state index contributed by atoms with van der Waals surface area (Å²) < 4.78 is 0. The third kappa shape index (κ3) is 1.95. The maximum absolute atomic E-state index is 3.81. The molecule has 1 aromatic carbocycles. The Bertz CT molecular complexity index is 332. The fourth-order valence-corrected chi connectivity index (χ4v) is 2.07. The molecule has 2 rings (SSSR count). The van der Waals surface area contributed by atoms with E-state index in [2.05, 4.69) is 43.0 Å². The number of allylic oxidation sites excluding steroid dienone is 3. The highest BCUT2D eigenvalue weighted by molar-refractivity contribution is 5.26. The summed E-state index contributed by atoms with van der Waals surface area (Å²) >= 11 is 0. The van der Waals surface area contributed by atoms with Crippen LogP contribution in [0.15, 0.2) is 54.6 Å². The summed E-state index contributed by atoms with van der Waals surface area (Å²) in [7, 11) is 0. The van der Waals surface area contributed by atoms with Gasteiger partial charge in [-0.05, 0) is 30.7 Å². The highest BCUT2D eigenvalue weighted by Crippen LogP contribution is 2.31. The van der Waals surface area contributed by atoms with E-state index >= 15 is 0 Å². The van der Waals surface area contributed by atoms with Crippen LogP contribution in [0.25, 0.3) is 0 Å². The van der Waals surface area contributed by atoms with Crippen molar-refractivity contribution in [1.82, 2.24) is 0 Å². The van der Waals surface area contributed by atoms with E-state index in [1.807, 2.05) is 6.08 Å². The molecule has 0 spiro atoms. The average molecular weight is 184 g/mol. The van der Waals surface area contributed by atoms with Crippen molar-refractivity contribution < 1.29 is 0 Å². The van der Waals surface area contributed by atoms with Crippen molar-refractivity contribution in [1.29, 1.82) is 0 Å². The molecule has 1 unspecified atom stereocenters. The molecule has 0 nitrogen and oxygen atoms in total. The van der Waals surface area contributed by atoms with Gasteiger partial charge in [-0.25, -0.2) is 0 Å². The zero-order valence-corrected chi connectivity index (χ0v) is 8.45. The summed E-state index contributed by atoms with van der Waals surface area (Å²) in [5.74, 6) is 0.722. The quantitative estimate of drug-likeness (QED) is 0.650. The Morgan fingerprint density at radius 1 is 1.21 bits per heavy atom. The van der Waals surface area contributed by atoms with Crippen LogP contribution >= 0.6 is 0 Å². The number of hydrogen-bond donors (Lipinski definition) is 0. The van der Waals surface area contributed by atoms with Gasteiger partial charge in [0.15, 0.2) is 0 Å². The second kappa shape index (κ2) is 4.28. The molecule has 1 aliphatic rings. The fourth-order valence-electron chi connectivity index (χ4n) is 2.07. The lowest BCUT2D eigenvalue weighted by molar-refractivity contribution is 0.605. The lowest BCUT2D eigenvalue weighted by atomic mass is 9.85. The van der Waals surface area contributed by atoms with Gasteiger partial charge < -0.3 is 0 Å². The van der Waals surface area contributed by atoms with Gasteiger partial charge in [-0.1, -0.05) is 54.6 Å². The molecule has 0 aliphatic heterocycles. The van der Waals surface area contributed by atoms with E-state index in [0.29, 0.717) is 0 Å². The van der Waals surface area contributed by atoms with E-state index < -0.39 is 0 Å². The van der Waals surface area contributed by atoms with E-state index in [1.54, 1.807) is 0 Å². The second-order valence-corrected chi connectivity index (χ2v) is 3.87. The Kier molecular flexibility index (Phi) is 2.83. The number of hydrogen-bond acceptors (Lipinski definition) is 0. The summed E-state index contributed by atoms with van der Waals surface area (Å²) in [5.41, 5.74) is 2.89. The number of rotatable bonds is 2. The van der Waals surface area contributed by atoms with E-state index in [0.717, 1.165) is 5.92 Å². The lowest BCUT2D eigenvalue weighted by Gasteiger charge is -2.20. The van der Waals surface area contributed by atoms with E-state index in [4.69, 9.17) is 0 Å². The molecule has 0 bridgehead atoms.